The summed E-state index contributed by atoms with van der Waals surface area (Å²) < 4.78 is 3.12. The minimum absolute atomic E-state index is 0.178. The molecule has 3 aromatic heterocycles. The van der Waals surface area contributed by atoms with Crippen LogP contribution in [0.2, 0.25) is 5.02 Å². The Hall–Kier alpha value is -3.04. The Bertz CT molecular complexity index is 1240. The molecule has 1 N–H and O–H groups in total. The second kappa shape index (κ2) is 8.14. The Labute approximate surface area is 174 Å². The highest BCUT2D eigenvalue weighted by Gasteiger charge is 2.12. The summed E-state index contributed by atoms with van der Waals surface area (Å²) in [6.07, 6.45) is 3.01. The van der Waals surface area contributed by atoms with Crippen molar-refractivity contribution in [2.75, 3.05) is 6.54 Å². The van der Waals surface area contributed by atoms with Crippen LogP contribution in [0.15, 0.2) is 47.0 Å². The van der Waals surface area contributed by atoms with E-state index in [0.29, 0.717) is 41.4 Å². The number of rotatable bonds is 6. The minimum Gasteiger partial charge on any atom is -0.349 e. The maximum absolute atomic E-state index is 12.8. The van der Waals surface area contributed by atoms with Gasteiger partial charge in [0.25, 0.3) is 11.5 Å². The van der Waals surface area contributed by atoms with Gasteiger partial charge in [0.15, 0.2) is 5.65 Å². The van der Waals surface area contributed by atoms with Crippen LogP contribution in [0, 0.1) is 6.92 Å². The first kappa shape index (κ1) is 19.3. The molecule has 1 amide bonds. The largest absolute Gasteiger partial charge is 0.349 e. The van der Waals surface area contributed by atoms with E-state index in [9.17, 15) is 9.59 Å². The van der Waals surface area contributed by atoms with E-state index in [4.69, 9.17) is 11.6 Å². The third-order valence-electron chi connectivity index (χ3n) is 4.33. The van der Waals surface area contributed by atoms with E-state index in [1.165, 1.54) is 28.4 Å². The predicted molar refractivity (Wildman–Crippen MR) is 112 cm³/mol. The maximum Gasteiger partial charge on any atom is 0.270 e. The van der Waals surface area contributed by atoms with Crippen molar-refractivity contribution in [1.29, 1.82) is 0 Å². The van der Waals surface area contributed by atoms with Crippen molar-refractivity contribution in [2.45, 2.75) is 20.0 Å². The molecule has 3 heterocycles. The number of hydrogen-bond donors (Lipinski definition) is 1. The number of nitrogens with zero attached hydrogens (tertiary/aromatic N) is 5. The van der Waals surface area contributed by atoms with Gasteiger partial charge in [-0.05, 0) is 24.6 Å². The van der Waals surface area contributed by atoms with Crippen molar-refractivity contribution in [2.24, 2.45) is 0 Å². The Morgan fingerprint density at radius 2 is 2.21 bits per heavy atom. The number of amides is 1. The number of nitrogens with one attached hydrogen (secondary N) is 1. The molecule has 10 heteroatoms. The monoisotopic (exact) mass is 428 g/mol. The fraction of sp³-hybridized carbons (Fsp3) is 0.211. The molecule has 0 radical (unpaired) electrons. The fourth-order valence-corrected chi connectivity index (χ4v) is 3.75. The first-order valence-electron chi connectivity index (χ1n) is 8.87. The van der Waals surface area contributed by atoms with Crippen molar-refractivity contribution in [3.63, 3.8) is 0 Å². The molecule has 0 aliphatic heterocycles. The van der Waals surface area contributed by atoms with Gasteiger partial charge in [-0.2, -0.15) is 5.10 Å². The molecule has 8 nitrogen and oxygen atoms in total. The van der Waals surface area contributed by atoms with Crippen LogP contribution < -0.4 is 10.9 Å². The van der Waals surface area contributed by atoms with E-state index in [0.717, 1.165) is 10.6 Å². The Morgan fingerprint density at radius 1 is 1.34 bits per heavy atom. The maximum atomic E-state index is 12.8. The average Bonchev–Trinajstić information content (AvgIpc) is 3.31. The molecule has 0 bridgehead atoms. The van der Waals surface area contributed by atoms with E-state index < -0.39 is 0 Å². The topological polar surface area (TPSA) is 94.7 Å². The van der Waals surface area contributed by atoms with Crippen LogP contribution in [0.1, 0.15) is 21.1 Å². The number of fused-ring (bicyclic) bond motifs is 1. The molecule has 0 unspecified atom stereocenters. The number of carbonyl (C=O) groups is 1. The number of aryl methyl sites for hydroxylation is 1. The van der Waals surface area contributed by atoms with E-state index in [2.05, 4.69) is 20.4 Å². The van der Waals surface area contributed by atoms with Crippen molar-refractivity contribution >= 4 is 39.9 Å². The summed E-state index contributed by atoms with van der Waals surface area (Å²) in [6, 6.07) is 7.34. The van der Waals surface area contributed by atoms with Crippen LogP contribution in [0.5, 0.6) is 0 Å². The van der Waals surface area contributed by atoms with Gasteiger partial charge >= 0.3 is 0 Å². The smallest absolute Gasteiger partial charge is 0.270 e. The lowest BCUT2D eigenvalue weighted by Crippen LogP contribution is -2.28. The van der Waals surface area contributed by atoms with E-state index in [1.807, 2.05) is 25.1 Å². The van der Waals surface area contributed by atoms with Crippen molar-refractivity contribution in [1.82, 2.24) is 29.6 Å². The summed E-state index contributed by atoms with van der Waals surface area (Å²) in [5, 5.41) is 10.7. The first-order chi connectivity index (χ1) is 14.0. The van der Waals surface area contributed by atoms with Gasteiger partial charge in [-0.3, -0.25) is 14.2 Å². The molecule has 148 valence electrons. The highest BCUT2D eigenvalue weighted by Crippen LogP contribution is 2.12. The normalized spacial score (nSPS) is 11.1. The standard InChI is InChI=1S/C19H17ClN6O2S/c1-12-24-16(10-29-12)18(27)21-5-6-26-17-15(8-23-26)19(28)25(11-22-17)9-13-3-2-4-14(20)7-13/h2-4,7-8,10-11H,5-6,9H2,1H3,(H,21,27). The number of halogens is 1. The molecule has 29 heavy (non-hydrogen) atoms. The van der Waals surface area contributed by atoms with Gasteiger partial charge in [0.2, 0.25) is 0 Å². The molecule has 4 aromatic rings. The van der Waals surface area contributed by atoms with Crippen LogP contribution in [0.4, 0.5) is 0 Å². The second-order valence-corrected chi connectivity index (χ2v) is 7.92. The number of carbonyl (C=O) groups excluding carboxylic acids is 1. The zero-order valence-corrected chi connectivity index (χ0v) is 17.1. The Kier molecular flexibility index (Phi) is 5.41. The Morgan fingerprint density at radius 3 is 2.97 bits per heavy atom. The molecule has 0 atom stereocenters. The number of hydrogen-bond acceptors (Lipinski definition) is 6. The zero-order valence-electron chi connectivity index (χ0n) is 15.5. The van der Waals surface area contributed by atoms with Crippen LogP contribution in [-0.4, -0.2) is 36.8 Å². The summed E-state index contributed by atoms with van der Waals surface area (Å²) in [6.45, 7) is 2.96. The third kappa shape index (κ3) is 4.20. The summed E-state index contributed by atoms with van der Waals surface area (Å²) in [7, 11) is 0. The van der Waals surface area contributed by atoms with E-state index in [1.54, 1.807) is 16.1 Å². The van der Waals surface area contributed by atoms with Gasteiger partial charge in [0.05, 0.1) is 24.3 Å². The van der Waals surface area contributed by atoms with Crippen LogP contribution >= 0.6 is 22.9 Å². The molecule has 0 fully saturated rings. The molecular formula is C19H17ClN6O2S. The van der Waals surface area contributed by atoms with Crippen LogP contribution in [0.25, 0.3) is 11.0 Å². The lowest BCUT2D eigenvalue weighted by molar-refractivity contribution is 0.0947. The highest BCUT2D eigenvalue weighted by molar-refractivity contribution is 7.09. The molecule has 0 aliphatic rings. The van der Waals surface area contributed by atoms with E-state index in [-0.39, 0.29) is 11.5 Å². The van der Waals surface area contributed by atoms with Gasteiger partial charge in [-0.25, -0.2) is 14.6 Å². The van der Waals surface area contributed by atoms with Gasteiger partial charge in [-0.15, -0.1) is 11.3 Å². The quantitative estimate of drug-likeness (QED) is 0.509. The van der Waals surface area contributed by atoms with Crippen molar-refractivity contribution in [3.05, 3.63) is 73.8 Å². The predicted octanol–water partition coefficient (Wildman–Crippen LogP) is 2.49. The molecule has 4 rings (SSSR count). The number of benzene rings is 1. The van der Waals surface area contributed by atoms with Gasteiger partial charge in [-0.1, -0.05) is 23.7 Å². The van der Waals surface area contributed by atoms with Gasteiger partial charge in [0.1, 0.15) is 17.4 Å². The van der Waals surface area contributed by atoms with Crippen LogP contribution in [-0.2, 0) is 13.1 Å². The summed E-state index contributed by atoms with van der Waals surface area (Å²) in [5.74, 6) is -0.234. The van der Waals surface area contributed by atoms with Gasteiger partial charge < -0.3 is 5.32 Å². The number of aromatic nitrogens is 5. The first-order valence-corrected chi connectivity index (χ1v) is 10.1. The Balaban J connectivity index is 1.47. The van der Waals surface area contributed by atoms with Gasteiger partial charge in [0, 0.05) is 16.9 Å². The summed E-state index contributed by atoms with van der Waals surface area (Å²) in [5.41, 5.74) is 1.62. The lowest BCUT2D eigenvalue weighted by atomic mass is 10.2. The van der Waals surface area contributed by atoms with Crippen molar-refractivity contribution < 1.29 is 4.79 Å². The lowest BCUT2D eigenvalue weighted by Gasteiger charge is -2.07. The SMILES string of the molecule is Cc1nc(C(=O)NCCn2ncc3c(=O)n(Cc4cccc(Cl)c4)cnc32)cs1. The molecule has 1 aromatic carbocycles. The molecule has 0 spiro atoms. The average molecular weight is 429 g/mol. The zero-order chi connectivity index (χ0) is 20.4. The molecule has 0 saturated carbocycles. The summed E-state index contributed by atoms with van der Waals surface area (Å²) in [4.78, 5) is 33.4. The second-order valence-electron chi connectivity index (χ2n) is 6.42. The fourth-order valence-electron chi connectivity index (χ4n) is 2.94. The number of thiazole rings is 1. The van der Waals surface area contributed by atoms with Crippen molar-refractivity contribution in [3.8, 4) is 0 Å². The molecular weight excluding hydrogens is 412 g/mol. The summed E-state index contributed by atoms with van der Waals surface area (Å²) >= 11 is 7.44. The van der Waals surface area contributed by atoms with Crippen LogP contribution in [0.3, 0.4) is 0 Å². The molecule has 0 aliphatic carbocycles. The molecule has 0 saturated heterocycles. The third-order valence-corrected chi connectivity index (χ3v) is 5.33. The van der Waals surface area contributed by atoms with E-state index >= 15 is 0 Å². The highest BCUT2D eigenvalue weighted by atomic mass is 35.5. The minimum atomic E-state index is -0.234.